The second kappa shape index (κ2) is 9.75. The summed E-state index contributed by atoms with van der Waals surface area (Å²) in [5.74, 6) is -2.64. The SMILES string of the molecule is CN1Cc2nc(C(=O)NC(CNC(=O)C(=O)Nc3ccc(Cl)cn3)C(=O)N(C)C)oc2C1. The molecule has 2 aromatic rings. The lowest BCUT2D eigenvalue weighted by atomic mass is 10.2. The van der Waals surface area contributed by atoms with Gasteiger partial charge >= 0.3 is 17.7 Å². The molecule has 0 bridgehead atoms. The van der Waals surface area contributed by atoms with Crippen LogP contribution in [0.25, 0.3) is 0 Å². The lowest BCUT2D eigenvalue weighted by Crippen LogP contribution is -2.53. The quantitative estimate of drug-likeness (QED) is 0.490. The summed E-state index contributed by atoms with van der Waals surface area (Å²) in [6, 6.07) is 1.78. The van der Waals surface area contributed by atoms with E-state index in [9.17, 15) is 19.2 Å². The first-order valence-corrected chi connectivity index (χ1v) is 9.91. The Morgan fingerprint density at radius 2 is 1.97 bits per heavy atom. The van der Waals surface area contributed by atoms with E-state index in [4.69, 9.17) is 16.0 Å². The lowest BCUT2D eigenvalue weighted by molar-refractivity contribution is -0.136. The summed E-state index contributed by atoms with van der Waals surface area (Å²) < 4.78 is 5.48. The lowest BCUT2D eigenvalue weighted by Gasteiger charge is -2.21. The molecule has 1 aliphatic heterocycles. The first-order valence-electron chi connectivity index (χ1n) is 9.54. The summed E-state index contributed by atoms with van der Waals surface area (Å²) in [5, 5.41) is 7.49. The topological polar surface area (TPSA) is 150 Å². The highest BCUT2D eigenvalue weighted by Gasteiger charge is 2.29. The van der Waals surface area contributed by atoms with Gasteiger partial charge in [-0.05, 0) is 19.2 Å². The van der Waals surface area contributed by atoms with E-state index < -0.39 is 29.7 Å². The summed E-state index contributed by atoms with van der Waals surface area (Å²) >= 11 is 5.73. The summed E-state index contributed by atoms with van der Waals surface area (Å²) in [7, 11) is 4.89. The molecular formula is C19H22ClN7O5. The van der Waals surface area contributed by atoms with Crippen molar-refractivity contribution in [3.05, 3.63) is 40.7 Å². The van der Waals surface area contributed by atoms with Gasteiger partial charge in [0.15, 0.2) is 0 Å². The summed E-state index contributed by atoms with van der Waals surface area (Å²) in [5.41, 5.74) is 0.661. The third-order valence-corrected chi connectivity index (χ3v) is 4.72. The molecule has 3 N–H and O–H groups in total. The monoisotopic (exact) mass is 463 g/mol. The van der Waals surface area contributed by atoms with Gasteiger partial charge in [0.25, 0.3) is 5.89 Å². The van der Waals surface area contributed by atoms with E-state index in [1.54, 1.807) is 0 Å². The Balaban J connectivity index is 1.60. The van der Waals surface area contributed by atoms with Crippen LogP contribution in [0.2, 0.25) is 5.02 Å². The average molecular weight is 464 g/mol. The standard InChI is InChI=1S/C19H22ClN7O5/c1-26(2)19(31)11(23-17(30)18-24-12-8-27(3)9-13(12)32-18)7-22-15(28)16(29)25-14-5-4-10(20)6-21-14/h4-6,11H,7-9H2,1-3H3,(H,22,28)(H,23,30)(H,21,25,29). The number of carbonyl (C=O) groups is 4. The largest absolute Gasteiger partial charge is 0.436 e. The first-order chi connectivity index (χ1) is 15.1. The molecule has 3 rings (SSSR count). The number of oxazole rings is 1. The number of hydrogen-bond acceptors (Lipinski definition) is 8. The van der Waals surface area contributed by atoms with E-state index in [2.05, 4.69) is 25.9 Å². The van der Waals surface area contributed by atoms with Crippen LogP contribution in [0.3, 0.4) is 0 Å². The molecule has 13 heteroatoms. The number of likely N-dealkylation sites (N-methyl/N-ethyl adjacent to an activating group) is 1. The number of hydrogen-bond donors (Lipinski definition) is 3. The number of aromatic nitrogens is 2. The van der Waals surface area contributed by atoms with Gasteiger partial charge in [0.2, 0.25) is 5.91 Å². The number of fused-ring (bicyclic) bond motifs is 1. The molecule has 1 aliphatic rings. The fourth-order valence-corrected chi connectivity index (χ4v) is 3.03. The summed E-state index contributed by atoms with van der Waals surface area (Å²) in [6.45, 7) is 0.759. The Kier molecular flexibility index (Phi) is 7.05. The normalized spacial score (nSPS) is 13.8. The molecule has 0 aliphatic carbocycles. The second-order valence-corrected chi connectivity index (χ2v) is 7.78. The predicted molar refractivity (Wildman–Crippen MR) is 113 cm³/mol. The molecular weight excluding hydrogens is 442 g/mol. The molecule has 12 nitrogen and oxygen atoms in total. The van der Waals surface area contributed by atoms with Gasteiger partial charge in [-0.3, -0.25) is 24.1 Å². The van der Waals surface area contributed by atoms with Crippen molar-refractivity contribution in [2.45, 2.75) is 19.1 Å². The van der Waals surface area contributed by atoms with Crippen molar-refractivity contribution in [3.63, 3.8) is 0 Å². The maximum absolute atomic E-state index is 12.6. The van der Waals surface area contributed by atoms with Crippen molar-refractivity contribution >= 4 is 41.0 Å². The Hall–Kier alpha value is -3.51. The molecule has 0 fully saturated rings. The molecule has 2 aromatic heterocycles. The van der Waals surface area contributed by atoms with E-state index in [1.807, 2.05) is 11.9 Å². The Labute approximate surface area is 188 Å². The van der Waals surface area contributed by atoms with Crippen LogP contribution in [0.15, 0.2) is 22.7 Å². The minimum absolute atomic E-state index is 0.131. The number of amides is 4. The molecule has 0 radical (unpaired) electrons. The van der Waals surface area contributed by atoms with Gasteiger partial charge < -0.3 is 25.3 Å². The Morgan fingerprint density at radius 3 is 2.59 bits per heavy atom. The van der Waals surface area contributed by atoms with Crippen molar-refractivity contribution in [1.82, 2.24) is 30.4 Å². The maximum Gasteiger partial charge on any atom is 0.314 e. The second-order valence-electron chi connectivity index (χ2n) is 7.35. The molecule has 32 heavy (non-hydrogen) atoms. The van der Waals surface area contributed by atoms with E-state index >= 15 is 0 Å². The maximum atomic E-state index is 12.6. The molecule has 1 atom stereocenters. The Morgan fingerprint density at radius 1 is 1.22 bits per heavy atom. The van der Waals surface area contributed by atoms with Crippen LogP contribution in [0.1, 0.15) is 22.1 Å². The van der Waals surface area contributed by atoms with E-state index in [1.165, 1.54) is 37.3 Å². The number of pyridine rings is 1. The van der Waals surface area contributed by atoms with Crippen LogP contribution in [0.5, 0.6) is 0 Å². The smallest absolute Gasteiger partial charge is 0.314 e. The number of nitrogens with one attached hydrogen (secondary N) is 3. The zero-order chi connectivity index (χ0) is 23.4. The van der Waals surface area contributed by atoms with Crippen molar-refractivity contribution in [3.8, 4) is 0 Å². The fourth-order valence-electron chi connectivity index (χ4n) is 2.91. The van der Waals surface area contributed by atoms with Crippen molar-refractivity contribution in [2.24, 2.45) is 0 Å². The zero-order valence-corrected chi connectivity index (χ0v) is 18.4. The van der Waals surface area contributed by atoms with Gasteiger partial charge in [-0.25, -0.2) is 9.97 Å². The van der Waals surface area contributed by atoms with Crippen LogP contribution < -0.4 is 16.0 Å². The number of nitrogens with zero attached hydrogens (tertiary/aromatic N) is 4. The fraction of sp³-hybridized carbons (Fsp3) is 0.368. The third-order valence-electron chi connectivity index (χ3n) is 4.49. The molecule has 4 amide bonds. The van der Waals surface area contributed by atoms with Crippen molar-refractivity contribution < 1.29 is 23.6 Å². The minimum atomic E-state index is -1.15. The van der Waals surface area contributed by atoms with E-state index in [0.29, 0.717) is 29.6 Å². The van der Waals surface area contributed by atoms with E-state index in [0.717, 1.165) is 0 Å². The van der Waals surface area contributed by atoms with Crippen molar-refractivity contribution in [1.29, 1.82) is 0 Å². The van der Waals surface area contributed by atoms with Gasteiger partial charge in [-0.2, -0.15) is 0 Å². The number of rotatable bonds is 6. The van der Waals surface area contributed by atoms with Gasteiger partial charge in [0.1, 0.15) is 17.6 Å². The summed E-state index contributed by atoms with van der Waals surface area (Å²) in [4.78, 5) is 60.5. The molecule has 0 aromatic carbocycles. The number of halogens is 1. The molecule has 0 saturated carbocycles. The van der Waals surface area contributed by atoms with Gasteiger partial charge in [0.05, 0.1) is 17.3 Å². The van der Waals surface area contributed by atoms with Gasteiger partial charge in [0, 0.05) is 33.4 Å². The molecule has 1 unspecified atom stereocenters. The third kappa shape index (κ3) is 5.59. The molecule has 0 spiro atoms. The zero-order valence-electron chi connectivity index (χ0n) is 17.6. The average Bonchev–Trinajstić information content (AvgIpc) is 3.29. The van der Waals surface area contributed by atoms with Crippen LogP contribution in [0, 0.1) is 0 Å². The minimum Gasteiger partial charge on any atom is -0.436 e. The number of anilines is 1. The summed E-state index contributed by atoms with van der Waals surface area (Å²) in [6.07, 6.45) is 1.31. The highest BCUT2D eigenvalue weighted by Crippen LogP contribution is 2.21. The van der Waals surface area contributed by atoms with Crippen LogP contribution in [-0.4, -0.2) is 77.1 Å². The van der Waals surface area contributed by atoms with Crippen molar-refractivity contribution in [2.75, 3.05) is 33.0 Å². The number of carbonyl (C=O) groups excluding carboxylic acids is 4. The molecule has 3 heterocycles. The van der Waals surface area contributed by atoms with Gasteiger partial charge in [-0.1, -0.05) is 11.6 Å². The molecule has 170 valence electrons. The predicted octanol–water partition coefficient (Wildman–Crippen LogP) is -0.390. The highest BCUT2D eigenvalue weighted by molar-refractivity contribution is 6.39. The van der Waals surface area contributed by atoms with E-state index in [-0.39, 0.29) is 18.3 Å². The first kappa shape index (κ1) is 23.2. The Bertz CT molecular complexity index is 1010. The van der Waals surface area contributed by atoms with Gasteiger partial charge in [-0.15, -0.1) is 0 Å². The highest BCUT2D eigenvalue weighted by atomic mass is 35.5. The van der Waals surface area contributed by atoms with Crippen LogP contribution in [-0.2, 0) is 27.5 Å². The molecule has 0 saturated heterocycles. The van der Waals surface area contributed by atoms with Crippen LogP contribution in [0.4, 0.5) is 5.82 Å². The van der Waals surface area contributed by atoms with Crippen LogP contribution >= 0.6 is 11.6 Å².